The molecule has 4 aromatic carbocycles. The fourth-order valence-electron chi connectivity index (χ4n) is 4.38. The predicted octanol–water partition coefficient (Wildman–Crippen LogP) is 4.82. The van der Waals surface area contributed by atoms with Gasteiger partial charge < -0.3 is 20.1 Å². The Labute approximate surface area is 246 Å². The predicted molar refractivity (Wildman–Crippen MR) is 163 cm³/mol. The van der Waals surface area contributed by atoms with Crippen molar-refractivity contribution in [3.8, 4) is 11.5 Å². The monoisotopic (exact) mass is 587 g/mol. The molecule has 2 amide bonds. The van der Waals surface area contributed by atoms with Crippen LogP contribution in [0.4, 0.5) is 11.4 Å². The highest BCUT2D eigenvalue weighted by Gasteiger charge is 2.27. The van der Waals surface area contributed by atoms with Crippen LogP contribution in [0.15, 0.2) is 102 Å². The van der Waals surface area contributed by atoms with Crippen molar-refractivity contribution in [3.63, 3.8) is 0 Å². The number of anilines is 2. The highest BCUT2D eigenvalue weighted by Crippen LogP contribution is 2.28. The molecule has 4 aromatic rings. The molecule has 10 heteroatoms. The summed E-state index contributed by atoms with van der Waals surface area (Å²) in [6.45, 7) is 1.69. The van der Waals surface area contributed by atoms with Gasteiger partial charge in [-0.1, -0.05) is 48.5 Å². The van der Waals surface area contributed by atoms with E-state index < -0.39 is 22.5 Å². The maximum atomic E-state index is 13.6. The minimum absolute atomic E-state index is 0.0635. The van der Waals surface area contributed by atoms with E-state index >= 15 is 0 Å². The molecule has 0 heterocycles. The molecule has 0 saturated carbocycles. The summed E-state index contributed by atoms with van der Waals surface area (Å²) in [5, 5.41) is 5.61. The molecule has 0 fully saturated rings. The molecule has 42 heavy (non-hydrogen) atoms. The summed E-state index contributed by atoms with van der Waals surface area (Å²) in [6, 6.07) is 27.0. The molecule has 0 aliphatic rings. The van der Waals surface area contributed by atoms with E-state index in [1.807, 2.05) is 25.1 Å². The standard InChI is InChI=1S/C32H33N3O6S/c1-23-10-9-11-25(20-23)35(42(38,39)26-12-5-4-6-13-26)22-31(36)34-28-15-8-7-14-27(28)32(37)33-19-18-24-16-17-29(40-2)30(21-24)41-3/h4-17,20-21H,18-19,22H2,1-3H3,(H,33,37)(H,34,36). The van der Waals surface area contributed by atoms with Crippen molar-refractivity contribution < 1.29 is 27.5 Å². The van der Waals surface area contributed by atoms with Crippen molar-refractivity contribution in [1.29, 1.82) is 0 Å². The minimum Gasteiger partial charge on any atom is -0.493 e. The van der Waals surface area contributed by atoms with E-state index in [-0.39, 0.29) is 22.1 Å². The Balaban J connectivity index is 1.48. The fourth-order valence-corrected chi connectivity index (χ4v) is 5.81. The van der Waals surface area contributed by atoms with Gasteiger partial charge in [-0.3, -0.25) is 13.9 Å². The number of methoxy groups -OCH3 is 2. The van der Waals surface area contributed by atoms with E-state index in [0.717, 1.165) is 15.4 Å². The zero-order chi connectivity index (χ0) is 30.1. The van der Waals surface area contributed by atoms with Crippen molar-refractivity contribution in [2.45, 2.75) is 18.2 Å². The number of rotatable bonds is 12. The average Bonchev–Trinajstić information content (AvgIpc) is 3.00. The summed E-state index contributed by atoms with van der Waals surface area (Å²) < 4.78 is 38.8. The largest absolute Gasteiger partial charge is 0.493 e. The SMILES string of the molecule is COc1ccc(CCNC(=O)c2ccccc2NC(=O)CN(c2cccc(C)c2)S(=O)(=O)c2ccccc2)cc1OC. The lowest BCUT2D eigenvalue weighted by molar-refractivity contribution is -0.114. The minimum atomic E-state index is -4.06. The first-order chi connectivity index (χ1) is 20.2. The van der Waals surface area contributed by atoms with E-state index in [0.29, 0.717) is 30.2 Å². The molecule has 0 unspecified atom stereocenters. The van der Waals surface area contributed by atoms with Crippen LogP contribution in [0.25, 0.3) is 0 Å². The maximum Gasteiger partial charge on any atom is 0.264 e. The van der Waals surface area contributed by atoms with Gasteiger partial charge in [-0.05, 0) is 73.0 Å². The first-order valence-corrected chi connectivity index (χ1v) is 14.7. The normalized spacial score (nSPS) is 10.9. The summed E-state index contributed by atoms with van der Waals surface area (Å²) >= 11 is 0. The molecule has 0 bridgehead atoms. The summed E-state index contributed by atoms with van der Waals surface area (Å²) in [5.41, 5.74) is 2.68. The van der Waals surface area contributed by atoms with Gasteiger partial charge in [0.2, 0.25) is 5.91 Å². The van der Waals surface area contributed by atoms with Gasteiger partial charge in [-0.25, -0.2) is 8.42 Å². The van der Waals surface area contributed by atoms with Crippen molar-refractivity contribution in [2.24, 2.45) is 0 Å². The molecule has 0 aromatic heterocycles. The lowest BCUT2D eigenvalue weighted by Crippen LogP contribution is -2.38. The van der Waals surface area contributed by atoms with Crippen LogP contribution >= 0.6 is 0 Å². The molecular weight excluding hydrogens is 554 g/mol. The topological polar surface area (TPSA) is 114 Å². The van der Waals surface area contributed by atoms with Gasteiger partial charge in [0.15, 0.2) is 11.5 Å². The van der Waals surface area contributed by atoms with E-state index in [4.69, 9.17) is 9.47 Å². The van der Waals surface area contributed by atoms with Gasteiger partial charge in [0.25, 0.3) is 15.9 Å². The first-order valence-electron chi connectivity index (χ1n) is 13.3. The fraction of sp³-hybridized carbons (Fsp3) is 0.188. The number of ether oxygens (including phenoxy) is 2. The Hall–Kier alpha value is -4.83. The van der Waals surface area contributed by atoms with Gasteiger partial charge in [0.1, 0.15) is 6.54 Å². The number of amides is 2. The summed E-state index contributed by atoms with van der Waals surface area (Å²) in [5.74, 6) is 0.247. The molecule has 0 saturated heterocycles. The van der Waals surface area contributed by atoms with Crippen LogP contribution in [-0.4, -0.2) is 47.5 Å². The van der Waals surface area contributed by atoms with Crippen molar-refractivity contribution in [2.75, 3.05) is 36.9 Å². The molecule has 4 rings (SSSR count). The zero-order valence-electron chi connectivity index (χ0n) is 23.7. The van der Waals surface area contributed by atoms with Crippen LogP contribution in [0.2, 0.25) is 0 Å². The zero-order valence-corrected chi connectivity index (χ0v) is 24.5. The van der Waals surface area contributed by atoms with Crippen LogP contribution in [0, 0.1) is 6.92 Å². The van der Waals surface area contributed by atoms with Gasteiger partial charge >= 0.3 is 0 Å². The van der Waals surface area contributed by atoms with Crippen LogP contribution < -0.4 is 24.4 Å². The van der Waals surface area contributed by atoms with E-state index in [2.05, 4.69) is 10.6 Å². The van der Waals surface area contributed by atoms with Crippen molar-refractivity contribution in [3.05, 3.63) is 114 Å². The van der Waals surface area contributed by atoms with Gasteiger partial charge in [-0.15, -0.1) is 0 Å². The summed E-state index contributed by atoms with van der Waals surface area (Å²) in [6.07, 6.45) is 0.545. The number of aryl methyl sites for hydroxylation is 1. The third-order valence-corrected chi connectivity index (χ3v) is 8.29. The van der Waals surface area contributed by atoms with Crippen LogP contribution in [0.1, 0.15) is 21.5 Å². The molecule has 0 aliphatic carbocycles. The number of nitrogens with zero attached hydrogens (tertiary/aromatic N) is 1. The van der Waals surface area contributed by atoms with E-state index in [1.165, 1.54) is 12.1 Å². The summed E-state index contributed by atoms with van der Waals surface area (Å²) in [4.78, 5) is 26.4. The molecule has 0 atom stereocenters. The number of nitrogens with one attached hydrogen (secondary N) is 2. The first kappa shape index (κ1) is 30.1. The number of carbonyl (C=O) groups is 2. The quantitative estimate of drug-likeness (QED) is 0.246. The van der Waals surface area contributed by atoms with Crippen LogP contribution in [-0.2, 0) is 21.2 Å². The molecule has 218 valence electrons. The van der Waals surface area contributed by atoms with Gasteiger partial charge in [-0.2, -0.15) is 0 Å². The number of para-hydroxylation sites is 1. The second-order valence-corrected chi connectivity index (χ2v) is 11.3. The van der Waals surface area contributed by atoms with E-state index in [1.54, 1.807) is 80.9 Å². The second kappa shape index (κ2) is 13.7. The highest BCUT2D eigenvalue weighted by molar-refractivity contribution is 7.92. The average molecular weight is 588 g/mol. The Morgan fingerprint density at radius 3 is 2.24 bits per heavy atom. The number of hydrogen-bond donors (Lipinski definition) is 2. The van der Waals surface area contributed by atoms with E-state index in [9.17, 15) is 18.0 Å². The number of benzene rings is 4. The number of sulfonamides is 1. The van der Waals surface area contributed by atoms with Crippen molar-refractivity contribution >= 4 is 33.2 Å². The molecule has 9 nitrogen and oxygen atoms in total. The molecular formula is C32H33N3O6S. The highest BCUT2D eigenvalue weighted by atomic mass is 32.2. The third-order valence-electron chi connectivity index (χ3n) is 6.50. The number of carbonyl (C=O) groups excluding carboxylic acids is 2. The molecule has 0 radical (unpaired) electrons. The molecule has 0 spiro atoms. The molecule has 0 aliphatic heterocycles. The molecule has 2 N–H and O–H groups in total. The maximum absolute atomic E-state index is 13.6. The number of hydrogen-bond acceptors (Lipinski definition) is 6. The lowest BCUT2D eigenvalue weighted by atomic mass is 10.1. The van der Waals surface area contributed by atoms with Crippen LogP contribution in [0.5, 0.6) is 11.5 Å². The third kappa shape index (κ3) is 7.27. The van der Waals surface area contributed by atoms with Gasteiger partial charge in [0.05, 0.1) is 36.1 Å². The van der Waals surface area contributed by atoms with Crippen LogP contribution in [0.3, 0.4) is 0 Å². The lowest BCUT2D eigenvalue weighted by Gasteiger charge is -2.24. The van der Waals surface area contributed by atoms with Gasteiger partial charge in [0, 0.05) is 6.54 Å². The Morgan fingerprint density at radius 2 is 1.52 bits per heavy atom. The smallest absolute Gasteiger partial charge is 0.264 e. The summed E-state index contributed by atoms with van der Waals surface area (Å²) in [7, 11) is -0.929. The Kier molecular flexibility index (Phi) is 9.82. The second-order valence-electron chi connectivity index (χ2n) is 9.45. The van der Waals surface area contributed by atoms with Crippen molar-refractivity contribution in [1.82, 2.24) is 5.32 Å². The Morgan fingerprint density at radius 1 is 0.810 bits per heavy atom. The Bertz CT molecular complexity index is 1660.